The molecule has 0 aliphatic carbocycles. The van der Waals surface area contributed by atoms with Gasteiger partial charge in [-0.2, -0.15) is 5.26 Å². The number of aromatic nitrogens is 3. The molecule has 3 rings (SSSR count). The molecule has 148 valence electrons. The lowest BCUT2D eigenvalue weighted by atomic mass is 10.0. The van der Waals surface area contributed by atoms with Crippen molar-refractivity contribution >= 4 is 40.7 Å². The number of carbonyl (C=O) groups is 1. The summed E-state index contributed by atoms with van der Waals surface area (Å²) in [5, 5.41) is 13.5. The summed E-state index contributed by atoms with van der Waals surface area (Å²) in [6.45, 7) is 3.92. The van der Waals surface area contributed by atoms with Crippen LogP contribution in [0.5, 0.6) is 0 Å². The number of rotatable bonds is 7. The van der Waals surface area contributed by atoms with Crippen LogP contribution in [0.1, 0.15) is 40.8 Å². The van der Waals surface area contributed by atoms with E-state index in [-0.39, 0.29) is 12.2 Å². The maximum absolute atomic E-state index is 12.4. The number of thiazole rings is 1. The number of nitriles is 1. The van der Waals surface area contributed by atoms with E-state index in [0.717, 1.165) is 17.0 Å². The highest BCUT2D eigenvalue weighted by atomic mass is 35.5. The first-order valence-electron chi connectivity index (χ1n) is 8.85. The fourth-order valence-corrected chi connectivity index (χ4v) is 4.12. The van der Waals surface area contributed by atoms with Crippen molar-refractivity contribution in [1.29, 1.82) is 5.26 Å². The second-order valence-electron chi connectivity index (χ2n) is 5.74. The zero-order valence-electron chi connectivity index (χ0n) is 15.8. The maximum atomic E-state index is 12.4. The number of hydrogen-bond donors (Lipinski definition) is 0. The maximum Gasteiger partial charge on any atom is 0.341 e. The van der Waals surface area contributed by atoms with Gasteiger partial charge < -0.3 is 4.74 Å². The molecule has 0 aliphatic heterocycles. The van der Waals surface area contributed by atoms with Crippen LogP contribution < -0.4 is 0 Å². The molecule has 3 aromatic rings. The number of hydrogen-bond acceptors (Lipinski definition) is 8. The van der Waals surface area contributed by atoms with Crippen LogP contribution in [-0.2, 0) is 4.74 Å². The Morgan fingerprint density at radius 1 is 1.31 bits per heavy atom. The van der Waals surface area contributed by atoms with Crippen LogP contribution in [0.25, 0.3) is 11.3 Å². The molecule has 0 saturated carbocycles. The normalized spacial score (nSPS) is 11.7. The summed E-state index contributed by atoms with van der Waals surface area (Å²) in [4.78, 5) is 25.7. The number of esters is 1. The molecule has 2 aromatic heterocycles. The molecule has 29 heavy (non-hydrogen) atoms. The molecular weight excluding hydrogens is 428 g/mol. The fourth-order valence-electron chi connectivity index (χ4n) is 2.57. The Morgan fingerprint density at radius 2 is 2.07 bits per heavy atom. The number of ether oxygens (including phenoxy) is 1. The van der Waals surface area contributed by atoms with Crippen molar-refractivity contribution < 1.29 is 9.53 Å². The summed E-state index contributed by atoms with van der Waals surface area (Å²) in [6.07, 6.45) is 1.43. The molecule has 0 aliphatic rings. The third kappa shape index (κ3) is 4.93. The van der Waals surface area contributed by atoms with Crippen LogP contribution in [-0.4, -0.2) is 33.3 Å². The average Bonchev–Trinajstić information content (AvgIpc) is 3.19. The molecule has 9 heteroatoms. The minimum atomic E-state index is -0.806. The highest BCUT2D eigenvalue weighted by Crippen LogP contribution is 2.32. The molecule has 0 radical (unpaired) electrons. The summed E-state index contributed by atoms with van der Waals surface area (Å²) in [7, 11) is 0. The topological polar surface area (TPSA) is 88.8 Å². The summed E-state index contributed by atoms with van der Waals surface area (Å²) in [5.74, 6) is -0.585. The largest absolute Gasteiger partial charge is 0.462 e. The van der Waals surface area contributed by atoms with Crippen molar-refractivity contribution in [1.82, 2.24) is 15.0 Å². The van der Waals surface area contributed by atoms with Crippen molar-refractivity contribution in [2.45, 2.75) is 24.9 Å². The molecule has 0 spiro atoms. The van der Waals surface area contributed by atoms with Gasteiger partial charge in [-0.1, -0.05) is 42.4 Å². The van der Waals surface area contributed by atoms with Crippen LogP contribution in [0.3, 0.4) is 0 Å². The van der Waals surface area contributed by atoms with Crippen LogP contribution in [0.15, 0.2) is 41.0 Å². The Morgan fingerprint density at radius 3 is 2.72 bits per heavy atom. The average molecular weight is 445 g/mol. The molecule has 2 heterocycles. The van der Waals surface area contributed by atoms with E-state index in [1.54, 1.807) is 19.1 Å². The highest BCUT2D eigenvalue weighted by Gasteiger charge is 2.27. The molecular formula is C20H17ClN4O2S2. The monoisotopic (exact) mass is 444 g/mol. The van der Waals surface area contributed by atoms with Gasteiger partial charge in [-0.05, 0) is 24.8 Å². The zero-order valence-corrected chi connectivity index (χ0v) is 18.1. The molecule has 1 unspecified atom stereocenters. The Balaban J connectivity index is 2.03. The second kappa shape index (κ2) is 9.83. The van der Waals surface area contributed by atoms with Gasteiger partial charge in [0, 0.05) is 22.2 Å². The van der Waals surface area contributed by atoms with E-state index in [4.69, 9.17) is 16.3 Å². The first kappa shape index (κ1) is 21.2. The molecule has 0 bridgehead atoms. The minimum absolute atomic E-state index is 0.182. The van der Waals surface area contributed by atoms with E-state index in [1.165, 1.54) is 29.3 Å². The Bertz CT molecular complexity index is 1050. The van der Waals surface area contributed by atoms with Crippen LogP contribution >= 0.6 is 34.7 Å². The summed E-state index contributed by atoms with van der Waals surface area (Å²) >= 11 is 8.73. The smallest absolute Gasteiger partial charge is 0.341 e. The Kier molecular flexibility index (Phi) is 7.20. The standard InChI is InChI=1S/C20H17ClN4O2S2/c1-3-27-19(26)15-10-23-20(28-4-2)25-17(15)14(9-22)18-24-16(11-29-18)12-5-7-13(21)8-6-12/h5-8,10-11,14H,3-4H2,1-2H3. The number of halogens is 1. The Labute approximate surface area is 181 Å². The van der Waals surface area contributed by atoms with Gasteiger partial charge in [0.1, 0.15) is 16.5 Å². The van der Waals surface area contributed by atoms with Crippen molar-refractivity contribution in [2.24, 2.45) is 0 Å². The third-order valence-electron chi connectivity index (χ3n) is 3.88. The van der Waals surface area contributed by atoms with Crippen molar-refractivity contribution in [3.63, 3.8) is 0 Å². The number of nitrogens with zero attached hydrogens (tertiary/aromatic N) is 4. The lowest BCUT2D eigenvalue weighted by Gasteiger charge is -2.12. The Hall–Kier alpha value is -2.47. The molecule has 0 N–H and O–H groups in total. The first-order chi connectivity index (χ1) is 14.1. The quantitative estimate of drug-likeness (QED) is 0.281. The molecule has 6 nitrogen and oxygen atoms in total. The molecule has 1 aromatic carbocycles. The van der Waals surface area contributed by atoms with E-state index in [1.807, 2.05) is 24.4 Å². The van der Waals surface area contributed by atoms with Crippen molar-refractivity contribution in [3.05, 3.63) is 57.1 Å². The summed E-state index contributed by atoms with van der Waals surface area (Å²) in [5.41, 5.74) is 2.12. The predicted octanol–water partition coefficient (Wildman–Crippen LogP) is 5.20. The van der Waals surface area contributed by atoms with Crippen LogP contribution in [0.4, 0.5) is 0 Å². The second-order valence-corrected chi connectivity index (χ2v) is 8.30. The van der Waals surface area contributed by atoms with Crippen molar-refractivity contribution in [3.8, 4) is 17.3 Å². The molecule has 0 saturated heterocycles. The molecule has 1 atom stereocenters. The van der Waals surface area contributed by atoms with E-state index in [9.17, 15) is 10.1 Å². The SMILES string of the molecule is CCOC(=O)c1cnc(SCC)nc1C(C#N)c1nc(-c2ccc(Cl)cc2)cs1. The lowest BCUT2D eigenvalue weighted by molar-refractivity contribution is 0.0523. The lowest BCUT2D eigenvalue weighted by Crippen LogP contribution is -2.14. The van der Waals surface area contributed by atoms with E-state index in [0.29, 0.717) is 20.9 Å². The predicted molar refractivity (Wildman–Crippen MR) is 114 cm³/mol. The van der Waals surface area contributed by atoms with Gasteiger partial charge in [0.15, 0.2) is 5.16 Å². The number of benzene rings is 1. The summed E-state index contributed by atoms with van der Waals surface area (Å²) in [6, 6.07) is 9.55. The van der Waals surface area contributed by atoms with Gasteiger partial charge in [-0.15, -0.1) is 11.3 Å². The fraction of sp³-hybridized carbons (Fsp3) is 0.250. The van der Waals surface area contributed by atoms with Gasteiger partial charge in [0.2, 0.25) is 0 Å². The number of carbonyl (C=O) groups excluding carboxylic acids is 1. The van der Waals surface area contributed by atoms with Crippen LogP contribution in [0.2, 0.25) is 5.02 Å². The van der Waals surface area contributed by atoms with E-state index in [2.05, 4.69) is 21.0 Å². The van der Waals surface area contributed by atoms with E-state index < -0.39 is 11.9 Å². The van der Waals surface area contributed by atoms with Gasteiger partial charge in [-0.3, -0.25) is 0 Å². The van der Waals surface area contributed by atoms with E-state index >= 15 is 0 Å². The first-order valence-corrected chi connectivity index (χ1v) is 11.1. The van der Waals surface area contributed by atoms with Gasteiger partial charge in [0.25, 0.3) is 0 Å². The third-order valence-corrected chi connectivity index (χ3v) is 5.78. The van der Waals surface area contributed by atoms with Gasteiger partial charge in [-0.25, -0.2) is 19.7 Å². The number of thioether (sulfide) groups is 1. The van der Waals surface area contributed by atoms with Gasteiger partial charge in [0.05, 0.1) is 24.1 Å². The molecule has 0 fully saturated rings. The zero-order chi connectivity index (χ0) is 20.8. The minimum Gasteiger partial charge on any atom is -0.462 e. The molecule has 0 amide bonds. The van der Waals surface area contributed by atoms with Crippen LogP contribution in [0, 0.1) is 11.3 Å². The highest BCUT2D eigenvalue weighted by molar-refractivity contribution is 7.99. The van der Waals surface area contributed by atoms with Crippen molar-refractivity contribution in [2.75, 3.05) is 12.4 Å². The van der Waals surface area contributed by atoms with Gasteiger partial charge >= 0.3 is 5.97 Å². The summed E-state index contributed by atoms with van der Waals surface area (Å²) < 4.78 is 5.12.